The summed E-state index contributed by atoms with van der Waals surface area (Å²) in [5, 5.41) is 18.0. The predicted octanol–water partition coefficient (Wildman–Crippen LogP) is 15.4. The number of benzene rings is 11. The summed E-state index contributed by atoms with van der Waals surface area (Å²) < 4.78 is 0. The molecule has 0 nitrogen and oxygen atoms in total. The highest BCUT2D eigenvalue weighted by atomic mass is 14.4. The van der Waals surface area contributed by atoms with Crippen LogP contribution >= 0.6 is 0 Å². The Morgan fingerprint density at radius 3 is 1.24 bits per heavy atom. The summed E-state index contributed by atoms with van der Waals surface area (Å²) in [6.45, 7) is 4.74. The molecule has 1 aliphatic rings. The molecule has 1 aliphatic carbocycles. The average Bonchev–Trinajstić information content (AvgIpc) is 3.46. The number of hydrogen-bond acceptors (Lipinski definition) is 0. The Labute approximate surface area is 319 Å². The molecule has 0 aromatic heterocycles. The van der Waals surface area contributed by atoms with Crippen molar-refractivity contribution in [2.75, 3.05) is 0 Å². The Kier molecular flexibility index (Phi) is 6.21. The van der Waals surface area contributed by atoms with Crippen molar-refractivity contribution in [3.05, 3.63) is 193 Å². The molecular formula is C55H36. The minimum absolute atomic E-state index is 0.0331. The second kappa shape index (κ2) is 11.1. The van der Waals surface area contributed by atoms with Gasteiger partial charge in [-0.05, 0) is 156 Å². The summed E-state index contributed by atoms with van der Waals surface area (Å²) in [7, 11) is 0. The number of rotatable bonds is 2. The van der Waals surface area contributed by atoms with Gasteiger partial charge in [-0.3, -0.25) is 0 Å². The normalized spacial score (nSPS) is 13.4. The monoisotopic (exact) mass is 696 g/mol. The smallest absolute Gasteiger partial charge is 0.0159 e. The van der Waals surface area contributed by atoms with Crippen molar-refractivity contribution in [2.45, 2.75) is 19.3 Å². The molecule has 0 bridgehead atoms. The fraction of sp³-hybridized carbons (Fsp3) is 0.0545. The largest absolute Gasteiger partial charge is 0.0619 e. The van der Waals surface area contributed by atoms with Gasteiger partial charge in [0.05, 0.1) is 0 Å². The van der Waals surface area contributed by atoms with Gasteiger partial charge in [0.1, 0.15) is 0 Å². The summed E-state index contributed by atoms with van der Waals surface area (Å²) in [5.41, 5.74) is 10.5. The molecule has 0 aliphatic heterocycles. The Balaban J connectivity index is 0.997. The van der Waals surface area contributed by atoms with E-state index in [1.54, 1.807) is 0 Å². The van der Waals surface area contributed by atoms with Crippen LogP contribution in [0.3, 0.4) is 0 Å². The van der Waals surface area contributed by atoms with E-state index in [9.17, 15) is 0 Å². The Morgan fingerprint density at radius 1 is 0.255 bits per heavy atom. The quantitative estimate of drug-likeness (QED) is 0.158. The van der Waals surface area contributed by atoms with E-state index in [1.807, 2.05) is 0 Å². The lowest BCUT2D eigenvalue weighted by molar-refractivity contribution is 0.661. The molecule has 0 heteroatoms. The van der Waals surface area contributed by atoms with Gasteiger partial charge in [-0.2, -0.15) is 0 Å². The molecule has 0 radical (unpaired) electrons. The standard InChI is InChI=1S/C55H36/c1-55(2)53-10-6-5-9-46(53)52-31-42-22-17-35-14-19-41(30-50(35)51(42)32-54(52)55)40-21-16-37-24-25-44-45(49(37)29-40)26-23-36-15-20-39(28-48(36)44)38-18-13-34-12-11-33-7-3-4-8-43(33)47(34)27-38/h3-32H,1-2H3. The second-order valence-electron chi connectivity index (χ2n) is 16.1. The third-order valence-corrected chi connectivity index (χ3v) is 12.8. The van der Waals surface area contributed by atoms with Gasteiger partial charge in [-0.25, -0.2) is 0 Å². The summed E-state index contributed by atoms with van der Waals surface area (Å²) in [5.74, 6) is 0. The molecule has 0 heterocycles. The van der Waals surface area contributed by atoms with Crippen LogP contribution in [0.25, 0.3) is 109 Å². The SMILES string of the molecule is CC1(C)c2ccccc2-c2cc3ccc4ccc(-c5ccc6ccc7c8cc(-c9ccc%10ccc%11ccccc%11c%10c9)ccc8ccc7c6c5)cc4c3cc21. The van der Waals surface area contributed by atoms with Gasteiger partial charge in [-0.15, -0.1) is 0 Å². The van der Waals surface area contributed by atoms with Crippen molar-refractivity contribution in [1.29, 1.82) is 0 Å². The number of fused-ring (bicyclic) bond motifs is 14. The summed E-state index contributed by atoms with van der Waals surface area (Å²) in [4.78, 5) is 0. The first kappa shape index (κ1) is 30.7. The lowest BCUT2D eigenvalue weighted by Gasteiger charge is -2.22. The molecule has 0 atom stereocenters. The van der Waals surface area contributed by atoms with E-state index in [0.29, 0.717) is 0 Å². The highest BCUT2D eigenvalue weighted by Gasteiger charge is 2.35. The highest BCUT2D eigenvalue weighted by molar-refractivity contribution is 6.19. The van der Waals surface area contributed by atoms with Crippen molar-refractivity contribution in [3.63, 3.8) is 0 Å². The van der Waals surface area contributed by atoms with Gasteiger partial charge in [0.15, 0.2) is 0 Å². The van der Waals surface area contributed by atoms with Crippen molar-refractivity contribution in [1.82, 2.24) is 0 Å². The predicted molar refractivity (Wildman–Crippen MR) is 237 cm³/mol. The second-order valence-corrected chi connectivity index (χ2v) is 16.1. The van der Waals surface area contributed by atoms with E-state index >= 15 is 0 Å². The molecule has 0 fully saturated rings. The molecule has 0 N–H and O–H groups in total. The van der Waals surface area contributed by atoms with Gasteiger partial charge in [0.25, 0.3) is 0 Å². The van der Waals surface area contributed by atoms with Gasteiger partial charge in [-0.1, -0.05) is 159 Å². The maximum Gasteiger partial charge on any atom is 0.0159 e. The van der Waals surface area contributed by atoms with E-state index in [4.69, 9.17) is 0 Å². The van der Waals surface area contributed by atoms with Crippen LogP contribution in [0.5, 0.6) is 0 Å². The Bertz CT molecular complexity index is 3450. The zero-order valence-electron chi connectivity index (χ0n) is 30.8. The van der Waals surface area contributed by atoms with Crippen molar-refractivity contribution < 1.29 is 0 Å². The summed E-state index contributed by atoms with van der Waals surface area (Å²) in [6, 6.07) is 68.6. The third-order valence-electron chi connectivity index (χ3n) is 12.8. The van der Waals surface area contributed by atoms with Gasteiger partial charge in [0.2, 0.25) is 0 Å². The van der Waals surface area contributed by atoms with Crippen molar-refractivity contribution >= 4 is 75.4 Å². The fourth-order valence-corrected chi connectivity index (χ4v) is 9.84. The molecule has 0 saturated heterocycles. The van der Waals surface area contributed by atoms with Crippen LogP contribution in [0.2, 0.25) is 0 Å². The Morgan fingerprint density at radius 2 is 0.655 bits per heavy atom. The van der Waals surface area contributed by atoms with Crippen LogP contribution in [0.4, 0.5) is 0 Å². The zero-order chi connectivity index (χ0) is 36.4. The molecule has 0 saturated carbocycles. The first-order chi connectivity index (χ1) is 27.0. The van der Waals surface area contributed by atoms with Crippen LogP contribution < -0.4 is 0 Å². The van der Waals surface area contributed by atoms with Crippen LogP contribution in [0, 0.1) is 0 Å². The molecule has 11 aromatic rings. The minimum atomic E-state index is -0.0331. The van der Waals surface area contributed by atoms with Gasteiger partial charge < -0.3 is 0 Å². The molecular weight excluding hydrogens is 661 g/mol. The zero-order valence-corrected chi connectivity index (χ0v) is 30.8. The van der Waals surface area contributed by atoms with E-state index in [-0.39, 0.29) is 5.41 Å². The maximum absolute atomic E-state index is 2.48. The van der Waals surface area contributed by atoms with Crippen LogP contribution in [-0.4, -0.2) is 0 Å². The minimum Gasteiger partial charge on any atom is -0.0619 e. The summed E-state index contributed by atoms with van der Waals surface area (Å²) in [6.07, 6.45) is 0. The van der Waals surface area contributed by atoms with Gasteiger partial charge in [0, 0.05) is 5.41 Å². The highest BCUT2D eigenvalue weighted by Crippen LogP contribution is 2.50. The lowest BCUT2D eigenvalue weighted by atomic mass is 9.81. The fourth-order valence-electron chi connectivity index (χ4n) is 9.84. The van der Waals surface area contributed by atoms with Crippen molar-refractivity contribution in [3.8, 4) is 33.4 Å². The Hall–Kier alpha value is -6.76. The van der Waals surface area contributed by atoms with Crippen LogP contribution in [0.1, 0.15) is 25.0 Å². The third kappa shape index (κ3) is 4.46. The molecule has 256 valence electrons. The molecule has 55 heavy (non-hydrogen) atoms. The van der Waals surface area contributed by atoms with Gasteiger partial charge >= 0.3 is 0 Å². The topological polar surface area (TPSA) is 0 Å². The lowest BCUT2D eigenvalue weighted by Crippen LogP contribution is -2.14. The van der Waals surface area contributed by atoms with Crippen molar-refractivity contribution in [2.24, 2.45) is 0 Å². The molecule has 11 aromatic carbocycles. The molecule has 0 spiro atoms. The van der Waals surface area contributed by atoms with E-state index in [2.05, 4.69) is 196 Å². The van der Waals surface area contributed by atoms with E-state index in [0.717, 1.165) is 0 Å². The van der Waals surface area contributed by atoms with E-state index < -0.39 is 0 Å². The van der Waals surface area contributed by atoms with Crippen LogP contribution in [-0.2, 0) is 5.41 Å². The molecule has 0 amide bonds. The van der Waals surface area contributed by atoms with Crippen LogP contribution in [0.15, 0.2) is 182 Å². The summed E-state index contributed by atoms with van der Waals surface area (Å²) >= 11 is 0. The molecule has 12 rings (SSSR count). The maximum atomic E-state index is 2.48. The molecule has 0 unspecified atom stereocenters. The average molecular weight is 697 g/mol. The first-order valence-corrected chi connectivity index (χ1v) is 19.4. The first-order valence-electron chi connectivity index (χ1n) is 19.4. The number of hydrogen-bond donors (Lipinski definition) is 0. The van der Waals surface area contributed by atoms with E-state index in [1.165, 1.54) is 120 Å².